The monoisotopic (exact) mass is 721 g/mol. The number of amides is 2. The zero-order valence-electron chi connectivity index (χ0n) is 28.4. The third-order valence-electron chi connectivity index (χ3n) is 9.36. The number of halogens is 3. The van der Waals surface area contributed by atoms with Crippen LogP contribution in [0.2, 0.25) is 0 Å². The fourth-order valence-corrected chi connectivity index (χ4v) is 6.79. The van der Waals surface area contributed by atoms with Crippen LogP contribution in [-0.4, -0.2) is 101 Å². The number of hydrogen-bond acceptors (Lipinski definition) is 9. The van der Waals surface area contributed by atoms with Crippen molar-refractivity contribution >= 4 is 11.8 Å². The molecule has 0 aliphatic carbocycles. The van der Waals surface area contributed by atoms with E-state index in [0.717, 1.165) is 11.1 Å². The van der Waals surface area contributed by atoms with Crippen molar-refractivity contribution in [3.8, 4) is 17.1 Å². The van der Waals surface area contributed by atoms with Gasteiger partial charge in [-0.15, -0.1) is 0 Å². The number of nitrogens with zero attached hydrogens (tertiary/aromatic N) is 3. The number of carbonyl (C=O) groups is 2. The van der Waals surface area contributed by atoms with Crippen molar-refractivity contribution < 1.29 is 42.1 Å². The third-order valence-corrected chi connectivity index (χ3v) is 9.36. The van der Waals surface area contributed by atoms with Gasteiger partial charge >= 0.3 is 6.18 Å². The van der Waals surface area contributed by atoms with Crippen molar-refractivity contribution in [2.45, 2.75) is 49.9 Å². The quantitative estimate of drug-likeness (QED) is 0.163. The van der Waals surface area contributed by atoms with Gasteiger partial charge in [0, 0.05) is 55.6 Å². The number of benzene rings is 2. The molecule has 4 N–H and O–H groups in total. The molecule has 2 aromatic carbocycles. The van der Waals surface area contributed by atoms with Crippen molar-refractivity contribution in [3.05, 3.63) is 108 Å². The maximum atomic E-state index is 13.9. The van der Waals surface area contributed by atoms with Gasteiger partial charge in [0.15, 0.2) is 0 Å². The van der Waals surface area contributed by atoms with Gasteiger partial charge in [-0.2, -0.15) is 13.2 Å². The summed E-state index contributed by atoms with van der Waals surface area (Å²) in [6.07, 6.45) is -3.26. The number of aliphatic hydroxyl groups is 2. The number of fused-ring (bicyclic) bond motifs is 1. The minimum absolute atomic E-state index is 0.00423. The molecule has 2 aromatic heterocycles. The predicted molar refractivity (Wildman–Crippen MR) is 185 cm³/mol. The number of aromatic nitrogens is 1. The van der Waals surface area contributed by atoms with Crippen molar-refractivity contribution in [3.63, 3.8) is 0 Å². The Balaban J connectivity index is 1.15. The van der Waals surface area contributed by atoms with E-state index in [1.165, 1.54) is 0 Å². The Hall–Kier alpha value is -4.76. The molecule has 1 unspecified atom stereocenters. The standard InChI is InChI=1S/C38H42F3N5O6/c39-38(40,41)24-43-37(50)31-22-45(21-29-12-13-33(52-29)26-8-2-1-3-9-26)15-16-46(31)20-28(47)18-27(17-25-7-6-14-42-19-25)36(49)44-35-30-10-4-5-11-34(30)51-23-32(35)48/h1-14,19,27-28,31-32,35,47-48H,15-18,20-24H2,(H,43,50)(H,44,49)/t27-,28+,31+,32?,35+/m1/s1. The summed E-state index contributed by atoms with van der Waals surface area (Å²) in [6, 6.07) is 22.2. The molecule has 4 heterocycles. The van der Waals surface area contributed by atoms with Gasteiger partial charge < -0.3 is 30.0 Å². The zero-order valence-corrected chi connectivity index (χ0v) is 28.4. The molecule has 2 aliphatic rings. The number of piperazine rings is 1. The summed E-state index contributed by atoms with van der Waals surface area (Å²) in [5, 5.41) is 27.2. The van der Waals surface area contributed by atoms with Gasteiger partial charge in [-0.05, 0) is 42.7 Å². The average Bonchev–Trinajstić information content (AvgIpc) is 3.61. The lowest BCUT2D eigenvalue weighted by Gasteiger charge is -2.41. The van der Waals surface area contributed by atoms with Crippen LogP contribution in [-0.2, 0) is 22.6 Å². The molecule has 11 nitrogen and oxygen atoms in total. The number of para-hydroxylation sites is 1. The molecular formula is C38H42F3N5O6. The largest absolute Gasteiger partial charge is 0.490 e. The maximum Gasteiger partial charge on any atom is 0.405 e. The van der Waals surface area contributed by atoms with Crippen LogP contribution in [0.15, 0.2) is 95.7 Å². The molecule has 14 heteroatoms. The number of pyridine rings is 1. The minimum Gasteiger partial charge on any atom is -0.490 e. The Bertz CT molecular complexity index is 1780. The van der Waals surface area contributed by atoms with Gasteiger partial charge in [0.25, 0.3) is 0 Å². The van der Waals surface area contributed by atoms with E-state index in [4.69, 9.17) is 9.15 Å². The van der Waals surface area contributed by atoms with Gasteiger partial charge in [0.2, 0.25) is 11.8 Å². The Labute approximate surface area is 299 Å². The maximum absolute atomic E-state index is 13.9. The molecular weight excluding hydrogens is 679 g/mol. The Morgan fingerprint density at radius 3 is 2.56 bits per heavy atom. The Morgan fingerprint density at radius 2 is 1.79 bits per heavy atom. The third kappa shape index (κ3) is 9.76. The van der Waals surface area contributed by atoms with Crippen LogP contribution >= 0.6 is 0 Å². The summed E-state index contributed by atoms with van der Waals surface area (Å²) in [5.41, 5.74) is 2.29. The highest BCUT2D eigenvalue weighted by atomic mass is 19.4. The van der Waals surface area contributed by atoms with Crippen molar-refractivity contribution in [1.82, 2.24) is 25.4 Å². The summed E-state index contributed by atoms with van der Waals surface area (Å²) in [5.74, 6) is -0.102. The molecule has 2 aliphatic heterocycles. The van der Waals surface area contributed by atoms with Crippen molar-refractivity contribution in [2.24, 2.45) is 5.92 Å². The Kier molecular flexibility index (Phi) is 11.9. The fourth-order valence-electron chi connectivity index (χ4n) is 6.79. The van der Waals surface area contributed by atoms with E-state index in [1.807, 2.05) is 58.7 Å². The summed E-state index contributed by atoms with van der Waals surface area (Å²) in [4.78, 5) is 34.9. The molecule has 0 spiro atoms. The minimum atomic E-state index is -4.60. The SMILES string of the molecule is O=C(N[C@H]1c2ccccc2OCC1O)[C@H](Cc1cccnc1)C[C@H](O)CN1CCN(Cc2ccc(-c3ccccc3)o2)C[C@H]1C(=O)NCC(F)(F)F. The second kappa shape index (κ2) is 16.7. The zero-order chi connectivity index (χ0) is 36.7. The van der Waals surface area contributed by atoms with Gasteiger partial charge in [0.1, 0.15) is 42.6 Å². The van der Waals surface area contributed by atoms with Crippen LogP contribution in [0.3, 0.4) is 0 Å². The van der Waals surface area contributed by atoms with Gasteiger partial charge in [-0.1, -0.05) is 54.6 Å². The lowest BCUT2D eigenvalue weighted by atomic mass is 9.91. The van der Waals surface area contributed by atoms with Crippen LogP contribution in [0.1, 0.15) is 29.3 Å². The van der Waals surface area contributed by atoms with E-state index in [-0.39, 0.29) is 39.1 Å². The van der Waals surface area contributed by atoms with Crippen molar-refractivity contribution in [2.75, 3.05) is 39.3 Å². The molecule has 1 saturated heterocycles. The van der Waals surface area contributed by atoms with E-state index in [0.29, 0.717) is 35.9 Å². The average molecular weight is 722 g/mol. The lowest BCUT2D eigenvalue weighted by molar-refractivity contribution is -0.143. The fraction of sp³-hybridized carbons (Fsp3) is 0.395. The first-order valence-electron chi connectivity index (χ1n) is 17.2. The van der Waals surface area contributed by atoms with Crippen LogP contribution in [0, 0.1) is 5.92 Å². The highest BCUT2D eigenvalue weighted by molar-refractivity contribution is 5.82. The predicted octanol–water partition coefficient (Wildman–Crippen LogP) is 3.73. The normalized spacial score (nSPS) is 20.7. The molecule has 5 atom stereocenters. The van der Waals surface area contributed by atoms with Gasteiger partial charge in [-0.25, -0.2) is 0 Å². The number of furan rings is 1. The van der Waals surface area contributed by atoms with E-state index >= 15 is 0 Å². The Morgan fingerprint density at radius 1 is 1.00 bits per heavy atom. The number of aliphatic hydroxyl groups excluding tert-OH is 2. The summed E-state index contributed by atoms with van der Waals surface area (Å²) >= 11 is 0. The molecule has 52 heavy (non-hydrogen) atoms. The molecule has 0 saturated carbocycles. The molecule has 276 valence electrons. The van der Waals surface area contributed by atoms with E-state index in [9.17, 15) is 33.0 Å². The van der Waals surface area contributed by atoms with Crippen LogP contribution < -0.4 is 15.4 Å². The number of hydrogen-bond donors (Lipinski definition) is 4. The van der Waals surface area contributed by atoms with Gasteiger partial charge in [-0.3, -0.25) is 24.4 Å². The van der Waals surface area contributed by atoms with E-state index in [1.54, 1.807) is 47.6 Å². The van der Waals surface area contributed by atoms with Gasteiger partial charge in [0.05, 0.1) is 18.7 Å². The van der Waals surface area contributed by atoms with E-state index in [2.05, 4.69) is 10.3 Å². The number of rotatable bonds is 13. The molecule has 4 aromatic rings. The van der Waals surface area contributed by atoms with Crippen LogP contribution in [0.5, 0.6) is 5.75 Å². The number of ether oxygens (including phenoxy) is 1. The molecule has 1 fully saturated rings. The first-order valence-corrected chi connectivity index (χ1v) is 17.2. The molecule has 0 radical (unpaired) electrons. The highest BCUT2D eigenvalue weighted by Gasteiger charge is 2.38. The van der Waals surface area contributed by atoms with E-state index < -0.39 is 54.7 Å². The first kappa shape index (κ1) is 37.0. The lowest BCUT2D eigenvalue weighted by Crippen LogP contribution is -2.60. The highest BCUT2D eigenvalue weighted by Crippen LogP contribution is 2.33. The second-order valence-electron chi connectivity index (χ2n) is 13.3. The summed E-state index contributed by atoms with van der Waals surface area (Å²) < 4.78 is 51.0. The molecule has 6 rings (SSSR count). The number of β-amino-alcohol motifs (C(OH)–C–C–N with tert-alkyl or cyclic N) is 1. The number of alkyl halides is 3. The van der Waals surface area contributed by atoms with Crippen molar-refractivity contribution in [1.29, 1.82) is 0 Å². The first-order chi connectivity index (χ1) is 25.0. The van der Waals surface area contributed by atoms with Crippen LogP contribution in [0.4, 0.5) is 13.2 Å². The molecule has 2 amide bonds. The molecule has 0 bridgehead atoms. The number of carbonyl (C=O) groups excluding carboxylic acids is 2. The second-order valence-corrected chi connectivity index (χ2v) is 13.3. The summed E-state index contributed by atoms with van der Waals surface area (Å²) in [7, 11) is 0. The smallest absolute Gasteiger partial charge is 0.405 e. The topological polar surface area (TPSA) is 140 Å². The van der Waals surface area contributed by atoms with Crippen LogP contribution in [0.25, 0.3) is 11.3 Å². The number of nitrogens with one attached hydrogen (secondary N) is 2. The summed E-state index contributed by atoms with van der Waals surface area (Å²) in [6.45, 7) is -0.382.